The van der Waals surface area contributed by atoms with Gasteiger partial charge in [0, 0.05) is 5.69 Å². The molecule has 0 aliphatic rings. The molecule has 2 amide bonds. The zero-order valence-corrected chi connectivity index (χ0v) is 16.9. The van der Waals surface area contributed by atoms with Gasteiger partial charge in [0.25, 0.3) is 0 Å². The minimum Gasteiger partial charge on any atom is -0.489 e. The predicted octanol–water partition coefficient (Wildman–Crippen LogP) is 3.97. The van der Waals surface area contributed by atoms with Crippen LogP contribution in [0.5, 0.6) is 5.75 Å². The fourth-order valence-corrected chi connectivity index (χ4v) is 2.63. The van der Waals surface area contributed by atoms with Crippen molar-refractivity contribution < 1.29 is 14.3 Å². The first-order valence-electron chi connectivity index (χ1n) is 9.49. The van der Waals surface area contributed by atoms with Crippen molar-refractivity contribution >= 4 is 23.7 Å². The van der Waals surface area contributed by atoms with Gasteiger partial charge in [0.15, 0.2) is 0 Å². The fraction of sp³-hybridized carbons (Fsp3) is 0.125. The van der Waals surface area contributed by atoms with Gasteiger partial charge in [-0.25, -0.2) is 5.43 Å². The van der Waals surface area contributed by atoms with Gasteiger partial charge in [-0.05, 0) is 66.9 Å². The number of aryl methyl sites for hydroxylation is 2. The lowest BCUT2D eigenvalue weighted by Crippen LogP contribution is -2.32. The molecule has 0 saturated heterocycles. The van der Waals surface area contributed by atoms with Gasteiger partial charge in [-0.1, -0.05) is 42.0 Å². The van der Waals surface area contributed by atoms with Gasteiger partial charge in [0.1, 0.15) is 12.4 Å². The van der Waals surface area contributed by atoms with Gasteiger partial charge >= 0.3 is 11.8 Å². The third kappa shape index (κ3) is 6.31. The van der Waals surface area contributed by atoms with Crippen LogP contribution in [0.25, 0.3) is 0 Å². The molecule has 0 fully saturated rings. The number of amides is 2. The minimum absolute atomic E-state index is 0.486. The highest BCUT2D eigenvalue weighted by Gasteiger charge is 2.12. The number of nitrogens with zero attached hydrogens (tertiary/aromatic N) is 1. The number of rotatable bonds is 6. The lowest BCUT2D eigenvalue weighted by atomic mass is 10.2. The first kappa shape index (κ1) is 20.8. The van der Waals surface area contributed by atoms with Crippen molar-refractivity contribution in [1.82, 2.24) is 5.43 Å². The summed E-state index contributed by atoms with van der Waals surface area (Å²) in [4.78, 5) is 23.8. The Bertz CT molecular complexity index is 1040. The Balaban J connectivity index is 1.46. The van der Waals surface area contributed by atoms with E-state index in [0.29, 0.717) is 12.3 Å². The van der Waals surface area contributed by atoms with E-state index in [1.165, 1.54) is 11.8 Å². The zero-order valence-electron chi connectivity index (χ0n) is 16.9. The summed E-state index contributed by atoms with van der Waals surface area (Å²) in [6, 6.07) is 22.6. The third-order valence-corrected chi connectivity index (χ3v) is 4.27. The van der Waals surface area contributed by atoms with E-state index >= 15 is 0 Å². The van der Waals surface area contributed by atoms with Gasteiger partial charge in [0.2, 0.25) is 0 Å². The molecule has 0 spiro atoms. The van der Waals surface area contributed by atoms with Gasteiger partial charge < -0.3 is 10.1 Å². The van der Waals surface area contributed by atoms with Crippen LogP contribution in [0.3, 0.4) is 0 Å². The largest absolute Gasteiger partial charge is 0.489 e. The second-order valence-electron chi connectivity index (χ2n) is 6.87. The van der Waals surface area contributed by atoms with E-state index in [1.54, 1.807) is 18.2 Å². The minimum atomic E-state index is -0.842. The molecule has 2 N–H and O–H groups in total. The average molecular weight is 401 g/mol. The van der Waals surface area contributed by atoms with Crippen LogP contribution in [-0.4, -0.2) is 18.0 Å². The van der Waals surface area contributed by atoms with E-state index in [4.69, 9.17) is 4.74 Å². The van der Waals surface area contributed by atoms with Crippen LogP contribution in [0.2, 0.25) is 0 Å². The van der Waals surface area contributed by atoms with Crippen molar-refractivity contribution in [3.05, 3.63) is 95.1 Å². The van der Waals surface area contributed by atoms with E-state index in [-0.39, 0.29) is 0 Å². The smallest absolute Gasteiger partial charge is 0.329 e. The summed E-state index contributed by atoms with van der Waals surface area (Å²) in [6.07, 6.45) is 1.46. The molecule has 6 nitrogen and oxygen atoms in total. The Morgan fingerprint density at radius 3 is 2.33 bits per heavy atom. The van der Waals surface area contributed by atoms with Crippen LogP contribution in [-0.2, 0) is 16.2 Å². The highest BCUT2D eigenvalue weighted by Crippen LogP contribution is 2.14. The first-order chi connectivity index (χ1) is 14.5. The van der Waals surface area contributed by atoms with Gasteiger partial charge in [0.05, 0.1) is 6.21 Å². The molecule has 6 heteroatoms. The molecule has 0 saturated carbocycles. The molecule has 3 aromatic carbocycles. The average Bonchev–Trinajstić information content (AvgIpc) is 2.74. The molecule has 0 atom stereocenters. The summed E-state index contributed by atoms with van der Waals surface area (Å²) in [6.45, 7) is 4.43. The maximum atomic E-state index is 11.9. The lowest BCUT2D eigenvalue weighted by molar-refractivity contribution is -0.136. The lowest BCUT2D eigenvalue weighted by Gasteiger charge is -2.07. The van der Waals surface area contributed by atoms with Crippen molar-refractivity contribution in [1.29, 1.82) is 0 Å². The highest BCUT2D eigenvalue weighted by atomic mass is 16.5. The Morgan fingerprint density at radius 2 is 1.63 bits per heavy atom. The first-order valence-corrected chi connectivity index (χ1v) is 9.49. The van der Waals surface area contributed by atoms with E-state index in [9.17, 15) is 9.59 Å². The molecular weight excluding hydrogens is 378 g/mol. The number of nitrogens with one attached hydrogen (secondary N) is 2. The normalized spacial score (nSPS) is 10.6. The number of hydrazone groups is 1. The number of benzene rings is 3. The number of carbonyl (C=O) groups is 2. The summed E-state index contributed by atoms with van der Waals surface area (Å²) >= 11 is 0. The molecule has 0 unspecified atom stereocenters. The monoisotopic (exact) mass is 401 g/mol. The highest BCUT2D eigenvalue weighted by molar-refractivity contribution is 6.39. The van der Waals surface area contributed by atoms with Crippen molar-refractivity contribution in [2.75, 3.05) is 5.32 Å². The van der Waals surface area contributed by atoms with Gasteiger partial charge in [-0.15, -0.1) is 0 Å². The predicted molar refractivity (Wildman–Crippen MR) is 117 cm³/mol. The number of ether oxygens (including phenoxy) is 1. The summed E-state index contributed by atoms with van der Waals surface area (Å²) in [5.74, 6) is -0.891. The van der Waals surface area contributed by atoms with Crippen LogP contribution in [0.1, 0.15) is 22.3 Å². The van der Waals surface area contributed by atoms with Gasteiger partial charge in [-0.3, -0.25) is 9.59 Å². The van der Waals surface area contributed by atoms with Crippen LogP contribution in [0, 0.1) is 13.8 Å². The third-order valence-electron chi connectivity index (χ3n) is 4.27. The quantitative estimate of drug-likeness (QED) is 0.373. The second kappa shape index (κ2) is 10.0. The van der Waals surface area contributed by atoms with E-state index in [0.717, 1.165) is 22.4 Å². The molecule has 0 aliphatic carbocycles. The summed E-state index contributed by atoms with van der Waals surface area (Å²) in [7, 11) is 0. The number of hydrogen-bond acceptors (Lipinski definition) is 4. The maximum absolute atomic E-state index is 11.9. The summed E-state index contributed by atoms with van der Waals surface area (Å²) < 4.78 is 5.76. The molecule has 30 heavy (non-hydrogen) atoms. The number of hydrogen-bond donors (Lipinski definition) is 2. The molecule has 152 valence electrons. The molecule has 3 rings (SSSR count). The van der Waals surface area contributed by atoms with Crippen molar-refractivity contribution in [2.45, 2.75) is 20.5 Å². The maximum Gasteiger partial charge on any atom is 0.329 e. The SMILES string of the molecule is Cc1ccc(COc2ccc(/C=N/NC(=O)C(=O)Nc3cccc(C)c3)cc2)cc1. The summed E-state index contributed by atoms with van der Waals surface area (Å²) in [5, 5.41) is 6.35. The number of anilines is 1. The fourth-order valence-electron chi connectivity index (χ4n) is 2.63. The topological polar surface area (TPSA) is 79.8 Å². The van der Waals surface area contributed by atoms with Crippen LogP contribution in [0.4, 0.5) is 5.69 Å². The van der Waals surface area contributed by atoms with E-state index in [1.807, 2.05) is 68.4 Å². The Labute approximate surface area is 175 Å². The van der Waals surface area contributed by atoms with E-state index < -0.39 is 11.8 Å². The molecule has 0 aliphatic heterocycles. The molecule has 0 bridgehead atoms. The number of carbonyl (C=O) groups excluding carboxylic acids is 2. The zero-order chi connectivity index (χ0) is 21.3. The second-order valence-corrected chi connectivity index (χ2v) is 6.87. The standard InChI is InChI=1S/C24H23N3O3/c1-17-6-8-20(9-7-17)16-30-22-12-10-19(11-13-22)15-25-27-24(29)23(28)26-21-5-3-4-18(2)14-21/h3-15H,16H2,1-2H3,(H,26,28)(H,27,29)/b25-15+. The van der Waals surface area contributed by atoms with Crippen LogP contribution in [0.15, 0.2) is 77.9 Å². The Hall–Kier alpha value is -3.93. The van der Waals surface area contributed by atoms with Crippen molar-refractivity contribution in [3.63, 3.8) is 0 Å². The van der Waals surface area contributed by atoms with Crippen LogP contribution < -0.4 is 15.5 Å². The molecule has 3 aromatic rings. The Morgan fingerprint density at radius 1 is 0.900 bits per heavy atom. The Kier molecular flexibility index (Phi) is 6.95. The summed E-state index contributed by atoms with van der Waals surface area (Å²) in [5.41, 5.74) is 6.83. The van der Waals surface area contributed by atoms with Gasteiger partial charge in [-0.2, -0.15) is 5.10 Å². The molecule has 0 heterocycles. The van der Waals surface area contributed by atoms with E-state index in [2.05, 4.69) is 15.8 Å². The molecule has 0 aromatic heterocycles. The van der Waals surface area contributed by atoms with Crippen LogP contribution >= 0.6 is 0 Å². The molecule has 0 radical (unpaired) electrons. The van der Waals surface area contributed by atoms with Crippen molar-refractivity contribution in [3.8, 4) is 5.75 Å². The molecular formula is C24H23N3O3. The van der Waals surface area contributed by atoms with Crippen molar-refractivity contribution in [2.24, 2.45) is 5.10 Å².